The molecule has 6 heteroatoms. The number of aromatic carboxylic acids is 1. The van der Waals surface area contributed by atoms with Crippen molar-refractivity contribution in [2.75, 3.05) is 5.01 Å². The maximum Gasteiger partial charge on any atom is 0.335 e. The van der Waals surface area contributed by atoms with Gasteiger partial charge in [0.15, 0.2) is 0 Å². The number of carbonyl (C=O) groups excluding carboxylic acids is 1. The minimum absolute atomic E-state index is 0.158. The molecule has 0 bridgehead atoms. The summed E-state index contributed by atoms with van der Waals surface area (Å²) in [5.41, 5.74) is 5.93. The first-order valence-electron chi connectivity index (χ1n) is 9.56. The van der Waals surface area contributed by atoms with E-state index in [-0.39, 0.29) is 11.5 Å². The van der Waals surface area contributed by atoms with Crippen molar-refractivity contribution in [3.63, 3.8) is 0 Å². The van der Waals surface area contributed by atoms with Gasteiger partial charge in [0.25, 0.3) is 5.91 Å². The molecule has 3 aromatic rings. The first kappa shape index (κ1) is 19.4. The average molecular weight is 399 g/mol. The molecule has 1 aromatic heterocycles. The van der Waals surface area contributed by atoms with E-state index in [1.165, 1.54) is 5.01 Å². The summed E-state index contributed by atoms with van der Waals surface area (Å²) in [7, 11) is 0. The predicted octanol–water partition coefficient (Wildman–Crippen LogP) is 4.60. The molecule has 1 aliphatic heterocycles. The molecule has 0 aliphatic carbocycles. The summed E-state index contributed by atoms with van der Waals surface area (Å²) in [6, 6.07) is 18.1. The Bertz CT molecular complexity index is 1200. The molecular weight excluding hydrogens is 378 g/mol. The number of carboxylic acid groups (broad SMARTS) is 1. The molecule has 1 amide bonds. The molecule has 0 fully saturated rings. The highest BCUT2D eigenvalue weighted by atomic mass is 16.4. The molecule has 0 unspecified atom stereocenters. The molecule has 1 N–H and O–H groups in total. The van der Waals surface area contributed by atoms with Crippen LogP contribution in [0.15, 0.2) is 71.3 Å². The maximum atomic E-state index is 13.0. The van der Waals surface area contributed by atoms with Gasteiger partial charge >= 0.3 is 5.97 Å². The van der Waals surface area contributed by atoms with E-state index in [4.69, 9.17) is 5.11 Å². The predicted molar refractivity (Wildman–Crippen MR) is 117 cm³/mol. The fourth-order valence-corrected chi connectivity index (χ4v) is 3.67. The van der Waals surface area contributed by atoms with Gasteiger partial charge in [-0.15, -0.1) is 0 Å². The van der Waals surface area contributed by atoms with Crippen LogP contribution in [0.4, 0.5) is 5.69 Å². The summed E-state index contributed by atoms with van der Waals surface area (Å²) in [6.45, 7) is 5.79. The fraction of sp³-hybridized carbons (Fsp3) is 0.125. The Balaban J connectivity index is 1.70. The number of carboxylic acids is 1. The quantitative estimate of drug-likeness (QED) is 0.652. The Kier molecular flexibility index (Phi) is 4.83. The van der Waals surface area contributed by atoms with Crippen molar-refractivity contribution in [3.05, 3.63) is 88.8 Å². The second-order valence-electron chi connectivity index (χ2n) is 7.21. The third-order valence-electron chi connectivity index (χ3n) is 5.21. The summed E-state index contributed by atoms with van der Waals surface area (Å²) < 4.78 is 2.04. The van der Waals surface area contributed by atoms with Gasteiger partial charge in [-0.05, 0) is 74.9 Å². The summed E-state index contributed by atoms with van der Waals surface area (Å²) in [5.74, 6) is -1.11. The van der Waals surface area contributed by atoms with Gasteiger partial charge in [0.1, 0.15) is 0 Å². The van der Waals surface area contributed by atoms with Crippen molar-refractivity contribution in [2.45, 2.75) is 20.8 Å². The fourth-order valence-electron chi connectivity index (χ4n) is 3.67. The molecule has 0 radical (unpaired) electrons. The molecule has 0 saturated heterocycles. The van der Waals surface area contributed by atoms with E-state index in [1.807, 2.05) is 67.8 Å². The highest BCUT2D eigenvalue weighted by Gasteiger charge is 2.29. The van der Waals surface area contributed by atoms with E-state index in [0.29, 0.717) is 11.3 Å². The standard InChI is InChI=1S/C24H21N3O3/c1-15-13-19(17(3)26(15)20-11-9-18(10-12-20)24(29)30)14-22-16(2)25-27(23(22)28)21-7-5-4-6-8-21/h4-14H,1-3H3,(H,29,30)/b22-14+. The minimum atomic E-state index is -0.953. The Hall–Kier alpha value is -3.93. The average Bonchev–Trinajstić information content (AvgIpc) is 3.18. The number of carbonyl (C=O) groups is 2. The van der Waals surface area contributed by atoms with Crippen LogP contribution in [0.3, 0.4) is 0 Å². The Morgan fingerprint density at radius 2 is 1.63 bits per heavy atom. The van der Waals surface area contributed by atoms with Crippen molar-refractivity contribution >= 4 is 29.4 Å². The van der Waals surface area contributed by atoms with Gasteiger partial charge in [-0.2, -0.15) is 10.1 Å². The van der Waals surface area contributed by atoms with Crippen LogP contribution in [0, 0.1) is 13.8 Å². The largest absolute Gasteiger partial charge is 0.478 e. The van der Waals surface area contributed by atoms with Crippen LogP contribution in [0.5, 0.6) is 0 Å². The van der Waals surface area contributed by atoms with Gasteiger partial charge < -0.3 is 9.67 Å². The van der Waals surface area contributed by atoms with E-state index < -0.39 is 5.97 Å². The molecule has 1 aliphatic rings. The number of rotatable bonds is 4. The van der Waals surface area contributed by atoms with E-state index >= 15 is 0 Å². The molecule has 0 saturated carbocycles. The number of para-hydroxylation sites is 1. The van der Waals surface area contributed by atoms with Crippen molar-refractivity contribution in [3.8, 4) is 5.69 Å². The zero-order valence-electron chi connectivity index (χ0n) is 17.0. The number of hydrogen-bond acceptors (Lipinski definition) is 3. The van der Waals surface area contributed by atoms with E-state index in [9.17, 15) is 9.59 Å². The van der Waals surface area contributed by atoms with Crippen LogP contribution in [0.1, 0.15) is 34.2 Å². The molecule has 0 spiro atoms. The van der Waals surface area contributed by atoms with Gasteiger partial charge in [0.05, 0.1) is 22.5 Å². The molecule has 2 heterocycles. The van der Waals surface area contributed by atoms with E-state index in [1.54, 1.807) is 24.3 Å². The molecule has 30 heavy (non-hydrogen) atoms. The number of benzene rings is 2. The van der Waals surface area contributed by atoms with Gasteiger partial charge in [0.2, 0.25) is 0 Å². The second-order valence-corrected chi connectivity index (χ2v) is 7.21. The molecule has 0 atom stereocenters. The number of anilines is 1. The number of aromatic nitrogens is 1. The molecule has 4 rings (SSSR count). The lowest BCUT2D eigenvalue weighted by atomic mass is 10.1. The van der Waals surface area contributed by atoms with Crippen LogP contribution in [-0.4, -0.2) is 27.3 Å². The summed E-state index contributed by atoms with van der Waals surface area (Å²) in [5, 5.41) is 15.0. The lowest BCUT2D eigenvalue weighted by Gasteiger charge is -2.11. The lowest BCUT2D eigenvalue weighted by molar-refractivity contribution is -0.114. The molecule has 2 aromatic carbocycles. The van der Waals surface area contributed by atoms with Gasteiger partial charge in [-0.3, -0.25) is 4.79 Å². The van der Waals surface area contributed by atoms with Gasteiger partial charge in [-0.25, -0.2) is 4.79 Å². The minimum Gasteiger partial charge on any atom is -0.478 e. The van der Waals surface area contributed by atoms with Crippen molar-refractivity contribution in [2.24, 2.45) is 5.10 Å². The number of hydrazone groups is 1. The Morgan fingerprint density at radius 1 is 0.967 bits per heavy atom. The normalized spacial score (nSPS) is 15.0. The third kappa shape index (κ3) is 3.33. The molecular formula is C24H21N3O3. The zero-order valence-corrected chi connectivity index (χ0v) is 17.0. The lowest BCUT2D eigenvalue weighted by Crippen LogP contribution is -2.21. The number of nitrogens with zero attached hydrogens (tertiary/aromatic N) is 3. The highest BCUT2D eigenvalue weighted by Crippen LogP contribution is 2.27. The van der Waals surface area contributed by atoms with Gasteiger partial charge in [0, 0.05) is 17.1 Å². The number of hydrogen-bond donors (Lipinski definition) is 1. The van der Waals surface area contributed by atoms with E-state index in [2.05, 4.69) is 5.10 Å². The van der Waals surface area contributed by atoms with Crippen molar-refractivity contribution in [1.29, 1.82) is 0 Å². The maximum absolute atomic E-state index is 13.0. The molecule has 6 nitrogen and oxygen atoms in total. The van der Waals surface area contributed by atoms with Crippen LogP contribution in [0.25, 0.3) is 11.8 Å². The summed E-state index contributed by atoms with van der Waals surface area (Å²) in [4.78, 5) is 24.1. The summed E-state index contributed by atoms with van der Waals surface area (Å²) >= 11 is 0. The molecule has 150 valence electrons. The van der Waals surface area contributed by atoms with E-state index in [0.717, 1.165) is 28.3 Å². The number of amides is 1. The zero-order chi connectivity index (χ0) is 21.4. The number of aryl methyl sites for hydroxylation is 1. The Labute approximate surface area is 174 Å². The highest BCUT2D eigenvalue weighted by molar-refractivity contribution is 6.32. The Morgan fingerprint density at radius 3 is 2.27 bits per heavy atom. The topological polar surface area (TPSA) is 74.9 Å². The smallest absolute Gasteiger partial charge is 0.335 e. The van der Waals surface area contributed by atoms with Crippen LogP contribution in [0.2, 0.25) is 0 Å². The third-order valence-corrected chi connectivity index (χ3v) is 5.21. The summed E-state index contributed by atoms with van der Waals surface area (Å²) in [6.07, 6.45) is 1.87. The monoisotopic (exact) mass is 399 g/mol. The van der Waals surface area contributed by atoms with Crippen LogP contribution in [-0.2, 0) is 4.79 Å². The second kappa shape index (κ2) is 7.48. The first-order chi connectivity index (χ1) is 14.4. The first-order valence-corrected chi connectivity index (χ1v) is 9.56. The van der Waals surface area contributed by atoms with Crippen molar-refractivity contribution < 1.29 is 14.7 Å². The van der Waals surface area contributed by atoms with Crippen LogP contribution < -0.4 is 5.01 Å². The SMILES string of the molecule is CC1=NN(c2ccccc2)C(=O)/C1=C/c1cc(C)n(-c2ccc(C(=O)O)cc2)c1C. The van der Waals surface area contributed by atoms with Gasteiger partial charge in [-0.1, -0.05) is 18.2 Å². The van der Waals surface area contributed by atoms with Crippen LogP contribution >= 0.6 is 0 Å². The van der Waals surface area contributed by atoms with Crippen molar-refractivity contribution in [1.82, 2.24) is 4.57 Å².